The molecule has 1 fully saturated rings. The quantitative estimate of drug-likeness (QED) is 0.707. The van der Waals surface area contributed by atoms with Gasteiger partial charge in [0.25, 0.3) is 5.91 Å². The SMILES string of the molecule is O=C(NC1CCCCC1)c1c(N=Cc2ccsc2)sc2c1CCCC2. The first kappa shape index (κ1) is 17.0. The maximum atomic E-state index is 13.1. The van der Waals surface area contributed by atoms with Crippen LogP contribution in [0, 0.1) is 0 Å². The predicted octanol–water partition coefficient (Wildman–Crippen LogP) is 5.50. The summed E-state index contributed by atoms with van der Waals surface area (Å²) >= 11 is 3.39. The van der Waals surface area contributed by atoms with Gasteiger partial charge in [-0.15, -0.1) is 11.3 Å². The lowest BCUT2D eigenvalue weighted by molar-refractivity contribution is 0.0927. The third kappa shape index (κ3) is 3.87. The Bertz CT molecular complexity index is 755. The summed E-state index contributed by atoms with van der Waals surface area (Å²) in [5, 5.41) is 8.33. The van der Waals surface area contributed by atoms with Gasteiger partial charge in [-0.3, -0.25) is 4.79 Å². The van der Waals surface area contributed by atoms with Gasteiger partial charge in [0.05, 0.1) is 5.56 Å². The van der Waals surface area contributed by atoms with Crippen LogP contribution in [0.25, 0.3) is 0 Å². The molecule has 0 atom stereocenters. The lowest BCUT2D eigenvalue weighted by Gasteiger charge is -2.23. The Labute approximate surface area is 157 Å². The number of hydrogen-bond acceptors (Lipinski definition) is 4. The second-order valence-corrected chi connectivity index (χ2v) is 8.88. The van der Waals surface area contributed by atoms with E-state index < -0.39 is 0 Å². The number of hydrogen-bond donors (Lipinski definition) is 1. The van der Waals surface area contributed by atoms with Crippen molar-refractivity contribution in [3.8, 4) is 0 Å². The first-order valence-electron chi connectivity index (χ1n) is 9.33. The zero-order valence-corrected chi connectivity index (χ0v) is 16.1. The van der Waals surface area contributed by atoms with E-state index in [0.29, 0.717) is 6.04 Å². The van der Waals surface area contributed by atoms with Crippen LogP contribution in [0.5, 0.6) is 0 Å². The van der Waals surface area contributed by atoms with Crippen LogP contribution < -0.4 is 5.32 Å². The fourth-order valence-electron chi connectivity index (χ4n) is 3.86. The molecule has 4 rings (SSSR count). The summed E-state index contributed by atoms with van der Waals surface area (Å²) in [6, 6.07) is 2.40. The van der Waals surface area contributed by atoms with E-state index in [4.69, 9.17) is 4.99 Å². The molecule has 0 aliphatic heterocycles. The second-order valence-electron chi connectivity index (χ2n) is 7.01. The van der Waals surface area contributed by atoms with Crippen LogP contribution in [0.3, 0.4) is 0 Å². The van der Waals surface area contributed by atoms with E-state index in [1.165, 1.54) is 42.5 Å². The number of carbonyl (C=O) groups excluding carboxylic acids is 1. The number of nitrogens with one attached hydrogen (secondary N) is 1. The molecule has 0 radical (unpaired) electrons. The lowest BCUT2D eigenvalue weighted by Crippen LogP contribution is -2.36. The summed E-state index contributed by atoms with van der Waals surface area (Å²) in [6.07, 6.45) is 12.4. The van der Waals surface area contributed by atoms with Crippen LogP contribution in [-0.4, -0.2) is 18.2 Å². The minimum absolute atomic E-state index is 0.101. The van der Waals surface area contributed by atoms with Gasteiger partial charge >= 0.3 is 0 Å². The number of rotatable bonds is 4. The fourth-order valence-corrected chi connectivity index (χ4v) is 5.70. The smallest absolute Gasteiger partial charge is 0.254 e. The highest BCUT2D eigenvalue weighted by atomic mass is 32.1. The molecule has 2 heterocycles. The number of aliphatic imine (C=N–C) groups is 1. The van der Waals surface area contributed by atoms with Gasteiger partial charge in [-0.25, -0.2) is 4.99 Å². The average molecular weight is 373 g/mol. The minimum Gasteiger partial charge on any atom is -0.349 e. The van der Waals surface area contributed by atoms with Crippen LogP contribution in [0.1, 0.15) is 71.3 Å². The standard InChI is InChI=1S/C20H24N2OS2/c23-19(22-15-6-2-1-3-7-15)18-16-8-4-5-9-17(16)25-20(18)21-12-14-10-11-24-13-14/h10-13,15H,1-9H2,(H,22,23). The van der Waals surface area contributed by atoms with Crippen molar-refractivity contribution in [3.63, 3.8) is 0 Å². The van der Waals surface area contributed by atoms with E-state index in [9.17, 15) is 4.79 Å². The van der Waals surface area contributed by atoms with Gasteiger partial charge in [0.1, 0.15) is 5.00 Å². The number of amides is 1. The Balaban J connectivity index is 1.61. The topological polar surface area (TPSA) is 41.5 Å². The normalized spacial score (nSPS) is 18.4. The lowest BCUT2D eigenvalue weighted by atomic mass is 9.93. The highest BCUT2D eigenvalue weighted by Crippen LogP contribution is 2.40. The predicted molar refractivity (Wildman–Crippen MR) is 107 cm³/mol. The molecule has 132 valence electrons. The summed E-state index contributed by atoms with van der Waals surface area (Å²) in [5.41, 5.74) is 3.23. The summed E-state index contributed by atoms with van der Waals surface area (Å²) < 4.78 is 0. The largest absolute Gasteiger partial charge is 0.349 e. The number of carbonyl (C=O) groups is 1. The second kappa shape index (κ2) is 7.83. The molecule has 0 spiro atoms. The Hall–Kier alpha value is -1.46. The Morgan fingerprint density at radius 1 is 1.16 bits per heavy atom. The van der Waals surface area contributed by atoms with E-state index in [-0.39, 0.29) is 5.91 Å². The fraction of sp³-hybridized carbons (Fsp3) is 0.500. The van der Waals surface area contributed by atoms with E-state index in [0.717, 1.165) is 41.8 Å². The van der Waals surface area contributed by atoms with Crippen LogP contribution in [-0.2, 0) is 12.8 Å². The van der Waals surface area contributed by atoms with Gasteiger partial charge in [-0.2, -0.15) is 11.3 Å². The molecule has 0 unspecified atom stereocenters. The number of thiophene rings is 2. The molecule has 2 aliphatic rings. The third-order valence-corrected chi connectivity index (χ3v) is 7.10. The average Bonchev–Trinajstić information content (AvgIpc) is 3.28. The highest BCUT2D eigenvalue weighted by molar-refractivity contribution is 7.16. The van der Waals surface area contributed by atoms with E-state index in [1.807, 2.05) is 6.21 Å². The zero-order chi connectivity index (χ0) is 17.1. The summed E-state index contributed by atoms with van der Waals surface area (Å²) in [7, 11) is 0. The molecule has 0 bridgehead atoms. The van der Waals surface area contributed by atoms with Crippen LogP contribution in [0.4, 0.5) is 5.00 Å². The molecule has 25 heavy (non-hydrogen) atoms. The van der Waals surface area contributed by atoms with Gasteiger partial charge in [0, 0.05) is 22.7 Å². The van der Waals surface area contributed by atoms with Crippen molar-refractivity contribution >= 4 is 39.8 Å². The van der Waals surface area contributed by atoms with Crippen LogP contribution >= 0.6 is 22.7 Å². The van der Waals surface area contributed by atoms with Crippen LogP contribution in [0.2, 0.25) is 0 Å². The van der Waals surface area contributed by atoms with Crippen molar-refractivity contribution in [2.45, 2.75) is 63.8 Å². The van der Waals surface area contributed by atoms with Gasteiger partial charge in [0.2, 0.25) is 0 Å². The molecule has 3 nitrogen and oxygen atoms in total. The van der Waals surface area contributed by atoms with Gasteiger partial charge in [-0.1, -0.05) is 19.3 Å². The zero-order valence-electron chi connectivity index (χ0n) is 14.4. The van der Waals surface area contributed by atoms with Crippen molar-refractivity contribution in [3.05, 3.63) is 38.4 Å². The van der Waals surface area contributed by atoms with Gasteiger partial charge in [-0.05, 0) is 60.9 Å². The number of nitrogens with zero attached hydrogens (tertiary/aromatic N) is 1. The summed E-state index contributed by atoms with van der Waals surface area (Å²) in [4.78, 5) is 19.1. The first-order valence-corrected chi connectivity index (χ1v) is 11.1. The third-order valence-electron chi connectivity index (χ3n) is 5.19. The van der Waals surface area contributed by atoms with Crippen molar-refractivity contribution in [1.29, 1.82) is 0 Å². The molecule has 2 aromatic heterocycles. The van der Waals surface area contributed by atoms with Gasteiger partial charge in [0.15, 0.2) is 0 Å². The van der Waals surface area contributed by atoms with E-state index >= 15 is 0 Å². The molecule has 0 aromatic carbocycles. The number of fused-ring (bicyclic) bond motifs is 1. The molecule has 1 saturated carbocycles. The monoisotopic (exact) mass is 372 g/mol. The van der Waals surface area contributed by atoms with Gasteiger partial charge < -0.3 is 5.32 Å². The van der Waals surface area contributed by atoms with Crippen molar-refractivity contribution in [2.24, 2.45) is 4.99 Å². The molecule has 5 heteroatoms. The maximum absolute atomic E-state index is 13.1. The molecule has 2 aromatic rings. The van der Waals surface area contributed by atoms with Crippen molar-refractivity contribution < 1.29 is 4.79 Å². The van der Waals surface area contributed by atoms with E-state index in [2.05, 4.69) is 22.1 Å². The minimum atomic E-state index is 0.101. The molecule has 0 saturated heterocycles. The maximum Gasteiger partial charge on any atom is 0.254 e. The first-order chi connectivity index (χ1) is 12.3. The molecule has 1 amide bonds. The Morgan fingerprint density at radius 3 is 2.80 bits per heavy atom. The van der Waals surface area contributed by atoms with Crippen molar-refractivity contribution in [2.75, 3.05) is 0 Å². The molecule has 2 aliphatic carbocycles. The molecular weight excluding hydrogens is 348 g/mol. The molecule has 1 N–H and O–H groups in total. The van der Waals surface area contributed by atoms with Crippen molar-refractivity contribution in [1.82, 2.24) is 5.32 Å². The van der Waals surface area contributed by atoms with Crippen LogP contribution in [0.15, 0.2) is 21.8 Å². The summed E-state index contributed by atoms with van der Waals surface area (Å²) in [6.45, 7) is 0. The highest BCUT2D eigenvalue weighted by Gasteiger charge is 2.26. The summed E-state index contributed by atoms with van der Waals surface area (Å²) in [5.74, 6) is 0.101. The van der Waals surface area contributed by atoms with E-state index in [1.54, 1.807) is 22.7 Å². The Kier molecular flexibility index (Phi) is 5.32. The number of aryl methyl sites for hydroxylation is 1. The Morgan fingerprint density at radius 2 is 2.00 bits per heavy atom. The molecular formula is C20H24N2OS2.